The molecule has 6 nitrogen and oxygen atoms in total. The molecule has 7 heteroatoms. The van der Waals surface area contributed by atoms with E-state index in [1.54, 1.807) is 11.8 Å². The molecule has 0 aromatic carbocycles. The Labute approximate surface area is 117 Å². The predicted octanol–water partition coefficient (Wildman–Crippen LogP) is 1.66. The molecule has 2 aromatic rings. The summed E-state index contributed by atoms with van der Waals surface area (Å²) in [7, 11) is 0. The Balaban J connectivity index is 2.09. The number of rotatable bonds is 7. The molecular formula is C12H20N6S. The maximum atomic E-state index is 5.68. The minimum Gasteiger partial charge on any atom is -0.335 e. The van der Waals surface area contributed by atoms with E-state index < -0.39 is 0 Å². The molecule has 19 heavy (non-hydrogen) atoms. The second-order valence-electron chi connectivity index (χ2n) is 4.17. The second-order valence-corrected chi connectivity index (χ2v) is 5.12. The molecule has 0 atom stereocenters. The molecule has 2 rings (SSSR count). The molecule has 0 fully saturated rings. The van der Waals surface area contributed by atoms with E-state index in [2.05, 4.69) is 38.2 Å². The van der Waals surface area contributed by atoms with Crippen LogP contribution in [0.1, 0.15) is 31.9 Å². The van der Waals surface area contributed by atoms with Crippen LogP contribution < -0.4 is 5.73 Å². The van der Waals surface area contributed by atoms with Crippen LogP contribution in [0.5, 0.6) is 0 Å². The van der Waals surface area contributed by atoms with Crippen molar-refractivity contribution in [3.05, 3.63) is 24.0 Å². The Morgan fingerprint density at radius 3 is 2.79 bits per heavy atom. The summed E-state index contributed by atoms with van der Waals surface area (Å²) >= 11 is 1.66. The zero-order valence-corrected chi connectivity index (χ0v) is 12.2. The maximum absolute atomic E-state index is 5.68. The summed E-state index contributed by atoms with van der Waals surface area (Å²) in [5.74, 6) is 2.71. The zero-order chi connectivity index (χ0) is 13.7. The molecule has 2 N–H and O–H groups in total. The van der Waals surface area contributed by atoms with Crippen molar-refractivity contribution in [2.45, 2.75) is 50.8 Å². The van der Waals surface area contributed by atoms with Crippen molar-refractivity contribution < 1.29 is 0 Å². The van der Waals surface area contributed by atoms with Gasteiger partial charge in [0.1, 0.15) is 11.6 Å². The lowest BCUT2D eigenvalue weighted by atomic mass is 10.4. The van der Waals surface area contributed by atoms with Gasteiger partial charge in [0, 0.05) is 25.5 Å². The third kappa shape index (κ3) is 3.16. The number of thioether (sulfide) groups is 1. The fourth-order valence-electron chi connectivity index (χ4n) is 1.92. The zero-order valence-electron chi connectivity index (χ0n) is 11.4. The first kappa shape index (κ1) is 14.1. The highest BCUT2D eigenvalue weighted by molar-refractivity contribution is 7.98. The molecule has 0 radical (unpaired) electrons. The highest BCUT2D eigenvalue weighted by Crippen LogP contribution is 2.21. The third-order valence-corrected chi connectivity index (χ3v) is 3.86. The number of hydrogen-bond donors (Lipinski definition) is 1. The second kappa shape index (κ2) is 6.72. The van der Waals surface area contributed by atoms with Crippen molar-refractivity contribution in [2.24, 2.45) is 5.73 Å². The molecule has 0 bridgehead atoms. The monoisotopic (exact) mass is 280 g/mol. The Morgan fingerprint density at radius 2 is 2.11 bits per heavy atom. The molecule has 104 valence electrons. The van der Waals surface area contributed by atoms with Crippen LogP contribution in [0, 0.1) is 0 Å². The first-order valence-electron chi connectivity index (χ1n) is 6.55. The maximum Gasteiger partial charge on any atom is 0.191 e. The van der Waals surface area contributed by atoms with E-state index in [0.29, 0.717) is 6.54 Å². The minimum atomic E-state index is 0.428. The molecule has 0 saturated heterocycles. The van der Waals surface area contributed by atoms with Crippen molar-refractivity contribution in [1.82, 2.24) is 24.3 Å². The number of aromatic nitrogens is 5. The molecule has 0 aliphatic rings. The van der Waals surface area contributed by atoms with Crippen LogP contribution in [0.25, 0.3) is 0 Å². The molecular weight excluding hydrogens is 260 g/mol. The first-order valence-corrected chi connectivity index (χ1v) is 7.53. The third-order valence-electron chi connectivity index (χ3n) is 2.90. The van der Waals surface area contributed by atoms with Crippen LogP contribution in [-0.2, 0) is 25.4 Å². The number of imidazole rings is 1. The van der Waals surface area contributed by atoms with Gasteiger partial charge in [-0.1, -0.05) is 18.7 Å². The molecule has 0 aliphatic carbocycles. The molecule has 0 amide bonds. The summed E-state index contributed by atoms with van der Waals surface area (Å²) in [5, 5.41) is 9.28. The smallest absolute Gasteiger partial charge is 0.191 e. The number of aryl methyl sites for hydroxylation is 1. The van der Waals surface area contributed by atoms with Crippen LogP contribution >= 0.6 is 11.8 Å². The van der Waals surface area contributed by atoms with Crippen molar-refractivity contribution in [3.63, 3.8) is 0 Å². The summed E-state index contributed by atoms with van der Waals surface area (Å²) in [6, 6.07) is 0. The fourth-order valence-corrected chi connectivity index (χ4v) is 2.87. The Kier molecular flexibility index (Phi) is 4.98. The van der Waals surface area contributed by atoms with Gasteiger partial charge in [-0.3, -0.25) is 0 Å². The van der Waals surface area contributed by atoms with Gasteiger partial charge in [-0.25, -0.2) is 4.98 Å². The van der Waals surface area contributed by atoms with E-state index in [0.717, 1.165) is 42.1 Å². The van der Waals surface area contributed by atoms with Crippen molar-refractivity contribution in [2.75, 3.05) is 0 Å². The van der Waals surface area contributed by atoms with Gasteiger partial charge in [0.25, 0.3) is 0 Å². The van der Waals surface area contributed by atoms with Gasteiger partial charge in [0.15, 0.2) is 5.16 Å². The number of nitrogens with two attached hydrogens (primary N) is 1. The van der Waals surface area contributed by atoms with Crippen LogP contribution in [0.3, 0.4) is 0 Å². The van der Waals surface area contributed by atoms with Crippen LogP contribution in [-0.4, -0.2) is 24.3 Å². The van der Waals surface area contributed by atoms with Gasteiger partial charge in [-0.05, 0) is 13.3 Å². The fraction of sp³-hybridized carbons (Fsp3) is 0.583. The summed E-state index contributed by atoms with van der Waals surface area (Å²) in [5.41, 5.74) is 5.68. The molecule has 2 aromatic heterocycles. The lowest BCUT2D eigenvalue weighted by molar-refractivity contribution is 0.592. The predicted molar refractivity (Wildman–Crippen MR) is 75.7 cm³/mol. The van der Waals surface area contributed by atoms with E-state index in [4.69, 9.17) is 5.73 Å². The average Bonchev–Trinajstić information content (AvgIpc) is 3.03. The SMILES string of the molecule is CCCn1c(CN)nnc1SCc1nccn1CC. The van der Waals surface area contributed by atoms with Crippen LogP contribution in [0.4, 0.5) is 0 Å². The molecule has 0 aliphatic heterocycles. The van der Waals surface area contributed by atoms with Crippen molar-refractivity contribution in [1.29, 1.82) is 0 Å². The van der Waals surface area contributed by atoms with E-state index in [1.165, 1.54) is 0 Å². The standard InChI is InChI=1S/C12H20N6S/c1-3-6-18-10(8-13)15-16-12(18)19-9-11-14-5-7-17(11)4-2/h5,7H,3-4,6,8-9,13H2,1-2H3. The lowest BCUT2D eigenvalue weighted by Crippen LogP contribution is -2.09. The van der Waals surface area contributed by atoms with E-state index >= 15 is 0 Å². The van der Waals surface area contributed by atoms with E-state index in [-0.39, 0.29) is 0 Å². The van der Waals surface area contributed by atoms with Crippen molar-refractivity contribution >= 4 is 11.8 Å². The van der Waals surface area contributed by atoms with Gasteiger partial charge in [-0.2, -0.15) is 0 Å². The first-order chi connectivity index (χ1) is 9.30. The average molecular weight is 280 g/mol. The Hall–Kier alpha value is -1.34. The molecule has 0 saturated carbocycles. The van der Waals surface area contributed by atoms with E-state index in [9.17, 15) is 0 Å². The highest BCUT2D eigenvalue weighted by Gasteiger charge is 2.12. The largest absolute Gasteiger partial charge is 0.335 e. The minimum absolute atomic E-state index is 0.428. The Morgan fingerprint density at radius 1 is 1.26 bits per heavy atom. The summed E-state index contributed by atoms with van der Waals surface area (Å²) in [4.78, 5) is 4.36. The number of nitrogens with zero attached hydrogens (tertiary/aromatic N) is 5. The highest BCUT2D eigenvalue weighted by atomic mass is 32.2. The molecule has 0 spiro atoms. The molecule has 0 unspecified atom stereocenters. The van der Waals surface area contributed by atoms with Gasteiger partial charge >= 0.3 is 0 Å². The van der Waals surface area contributed by atoms with Gasteiger partial charge in [0.05, 0.1) is 12.3 Å². The van der Waals surface area contributed by atoms with Gasteiger partial charge < -0.3 is 14.9 Å². The topological polar surface area (TPSA) is 74.6 Å². The number of hydrogen-bond acceptors (Lipinski definition) is 5. The molecule has 2 heterocycles. The van der Waals surface area contributed by atoms with Gasteiger partial charge in [0.2, 0.25) is 0 Å². The lowest BCUT2D eigenvalue weighted by Gasteiger charge is -2.08. The van der Waals surface area contributed by atoms with Gasteiger partial charge in [-0.15, -0.1) is 10.2 Å². The van der Waals surface area contributed by atoms with Crippen LogP contribution in [0.2, 0.25) is 0 Å². The van der Waals surface area contributed by atoms with Crippen LogP contribution in [0.15, 0.2) is 17.6 Å². The van der Waals surface area contributed by atoms with Crippen molar-refractivity contribution in [3.8, 4) is 0 Å². The quantitative estimate of drug-likeness (QED) is 0.781. The summed E-state index contributed by atoms with van der Waals surface area (Å²) in [6.45, 7) is 6.52. The normalized spacial score (nSPS) is 11.1. The van der Waals surface area contributed by atoms with E-state index in [1.807, 2.05) is 12.4 Å². The summed E-state index contributed by atoms with van der Waals surface area (Å²) < 4.78 is 4.24. The summed E-state index contributed by atoms with van der Waals surface area (Å²) in [6.07, 6.45) is 4.88. The Bertz CT molecular complexity index is 518.